The first-order valence-corrected chi connectivity index (χ1v) is 8.03. The summed E-state index contributed by atoms with van der Waals surface area (Å²) in [6.45, 7) is 1.47. The smallest absolute Gasteiger partial charge is 0.119 e. The first kappa shape index (κ1) is 14.0. The number of hydrogen-bond acceptors (Lipinski definition) is 2. The van der Waals surface area contributed by atoms with Gasteiger partial charge in [0.1, 0.15) is 12.4 Å². The van der Waals surface area contributed by atoms with Gasteiger partial charge in [-0.25, -0.2) is 0 Å². The molecule has 1 aliphatic rings. The molecule has 0 atom stereocenters. The third kappa shape index (κ3) is 2.73. The van der Waals surface area contributed by atoms with Crippen molar-refractivity contribution < 1.29 is 4.74 Å². The van der Waals surface area contributed by atoms with E-state index in [-0.39, 0.29) is 6.04 Å². The second kappa shape index (κ2) is 6.27. The van der Waals surface area contributed by atoms with Crippen molar-refractivity contribution in [2.24, 2.45) is 0 Å². The molecule has 0 bridgehead atoms. The second-order valence-electron chi connectivity index (χ2n) is 5.72. The summed E-state index contributed by atoms with van der Waals surface area (Å²) in [5.74, 6) is 0.918. The van der Waals surface area contributed by atoms with Crippen molar-refractivity contribution in [3.63, 3.8) is 0 Å². The third-order valence-electron chi connectivity index (χ3n) is 4.30. The van der Waals surface area contributed by atoms with Crippen LogP contribution in [0.5, 0.6) is 5.75 Å². The van der Waals surface area contributed by atoms with E-state index >= 15 is 0 Å². The van der Waals surface area contributed by atoms with E-state index in [9.17, 15) is 0 Å². The Hall–Kier alpha value is -2.58. The van der Waals surface area contributed by atoms with Crippen LogP contribution in [0.1, 0.15) is 17.2 Å². The van der Waals surface area contributed by atoms with Crippen LogP contribution in [0, 0.1) is 0 Å². The van der Waals surface area contributed by atoms with Gasteiger partial charge in [-0.1, -0.05) is 66.7 Å². The molecule has 0 aliphatic heterocycles. The lowest BCUT2D eigenvalue weighted by molar-refractivity contribution is 0.310. The summed E-state index contributed by atoms with van der Waals surface area (Å²) in [4.78, 5) is 0. The van der Waals surface area contributed by atoms with Gasteiger partial charge in [0, 0.05) is 6.54 Å². The molecule has 0 amide bonds. The third-order valence-corrected chi connectivity index (χ3v) is 4.30. The molecule has 0 radical (unpaired) electrons. The zero-order chi connectivity index (χ0) is 15.5. The van der Waals surface area contributed by atoms with Crippen molar-refractivity contribution in [3.05, 3.63) is 90.0 Å². The Kier molecular flexibility index (Phi) is 3.83. The molecule has 4 rings (SSSR count). The quantitative estimate of drug-likeness (QED) is 0.704. The monoisotopic (exact) mass is 301 g/mol. The maximum atomic E-state index is 5.78. The van der Waals surface area contributed by atoms with Crippen LogP contribution in [-0.4, -0.2) is 13.2 Å². The SMILES string of the molecule is c1ccc(OCCNC2c3ccccc3-c3ccccc32)cc1. The minimum atomic E-state index is 0.252. The second-order valence-corrected chi connectivity index (χ2v) is 5.72. The standard InChI is InChI=1S/C21H19NO/c1-2-8-16(9-3-1)23-15-14-22-21-19-12-6-4-10-17(19)18-11-5-7-13-20(18)21/h1-13,21-22H,14-15H2. The number of nitrogens with one attached hydrogen (secondary N) is 1. The number of fused-ring (bicyclic) bond motifs is 3. The normalized spacial score (nSPS) is 12.7. The molecule has 3 aromatic rings. The molecule has 0 aromatic heterocycles. The summed E-state index contributed by atoms with van der Waals surface area (Å²) in [6, 6.07) is 27.5. The molecule has 0 saturated heterocycles. The van der Waals surface area contributed by atoms with E-state index in [1.807, 2.05) is 30.3 Å². The van der Waals surface area contributed by atoms with Gasteiger partial charge in [0.2, 0.25) is 0 Å². The highest BCUT2D eigenvalue weighted by Crippen LogP contribution is 2.42. The van der Waals surface area contributed by atoms with Gasteiger partial charge in [0.25, 0.3) is 0 Å². The lowest BCUT2D eigenvalue weighted by atomic mass is 10.1. The highest BCUT2D eigenvalue weighted by molar-refractivity contribution is 5.78. The Labute approximate surface area is 136 Å². The van der Waals surface area contributed by atoms with Crippen molar-refractivity contribution in [1.82, 2.24) is 5.32 Å². The highest BCUT2D eigenvalue weighted by Gasteiger charge is 2.27. The zero-order valence-corrected chi connectivity index (χ0v) is 12.9. The number of benzene rings is 3. The molecule has 0 heterocycles. The Bertz CT molecular complexity index is 752. The molecular formula is C21H19NO. The van der Waals surface area contributed by atoms with E-state index in [2.05, 4.69) is 53.8 Å². The number of para-hydroxylation sites is 1. The highest BCUT2D eigenvalue weighted by atomic mass is 16.5. The Balaban J connectivity index is 1.47. The lowest BCUT2D eigenvalue weighted by Gasteiger charge is -2.16. The first-order valence-electron chi connectivity index (χ1n) is 8.03. The molecule has 0 saturated carbocycles. The summed E-state index contributed by atoms with van der Waals surface area (Å²) < 4.78 is 5.78. The van der Waals surface area contributed by atoms with Crippen LogP contribution in [0.25, 0.3) is 11.1 Å². The predicted molar refractivity (Wildman–Crippen MR) is 93.7 cm³/mol. The van der Waals surface area contributed by atoms with E-state index < -0.39 is 0 Å². The van der Waals surface area contributed by atoms with Crippen LogP contribution in [0.2, 0.25) is 0 Å². The average Bonchev–Trinajstić information content (AvgIpc) is 2.94. The van der Waals surface area contributed by atoms with Crippen molar-refractivity contribution >= 4 is 0 Å². The van der Waals surface area contributed by atoms with Crippen molar-refractivity contribution in [3.8, 4) is 16.9 Å². The molecule has 0 spiro atoms. The van der Waals surface area contributed by atoms with Gasteiger partial charge in [0.05, 0.1) is 6.04 Å². The predicted octanol–water partition coefficient (Wildman–Crippen LogP) is 4.43. The van der Waals surface area contributed by atoms with E-state index in [4.69, 9.17) is 4.74 Å². The minimum absolute atomic E-state index is 0.252. The van der Waals surface area contributed by atoms with Crippen LogP contribution in [0.15, 0.2) is 78.9 Å². The molecule has 0 unspecified atom stereocenters. The molecule has 2 heteroatoms. The van der Waals surface area contributed by atoms with Crippen LogP contribution in [-0.2, 0) is 0 Å². The first-order chi connectivity index (χ1) is 11.4. The number of hydrogen-bond donors (Lipinski definition) is 1. The zero-order valence-electron chi connectivity index (χ0n) is 12.9. The van der Waals surface area contributed by atoms with Crippen LogP contribution < -0.4 is 10.1 Å². The van der Waals surface area contributed by atoms with E-state index in [0.717, 1.165) is 12.3 Å². The molecule has 2 nitrogen and oxygen atoms in total. The fraction of sp³-hybridized carbons (Fsp3) is 0.143. The summed E-state index contributed by atoms with van der Waals surface area (Å²) in [7, 11) is 0. The Morgan fingerprint density at radius 2 is 1.26 bits per heavy atom. The fourth-order valence-electron chi connectivity index (χ4n) is 3.26. The maximum Gasteiger partial charge on any atom is 0.119 e. The fourth-order valence-corrected chi connectivity index (χ4v) is 3.26. The Morgan fingerprint density at radius 1 is 0.696 bits per heavy atom. The van der Waals surface area contributed by atoms with Crippen LogP contribution in [0.3, 0.4) is 0 Å². The molecule has 1 aliphatic carbocycles. The van der Waals surface area contributed by atoms with E-state index in [1.54, 1.807) is 0 Å². The average molecular weight is 301 g/mol. The van der Waals surface area contributed by atoms with Gasteiger partial charge in [-0.15, -0.1) is 0 Å². The number of ether oxygens (including phenoxy) is 1. The largest absolute Gasteiger partial charge is 0.492 e. The summed E-state index contributed by atoms with van der Waals surface area (Å²) in [5, 5.41) is 3.64. The van der Waals surface area contributed by atoms with Crippen molar-refractivity contribution in [2.45, 2.75) is 6.04 Å². The summed E-state index contributed by atoms with van der Waals surface area (Å²) in [6.07, 6.45) is 0. The molecule has 23 heavy (non-hydrogen) atoms. The minimum Gasteiger partial charge on any atom is -0.492 e. The lowest BCUT2D eigenvalue weighted by Crippen LogP contribution is -2.25. The van der Waals surface area contributed by atoms with Gasteiger partial charge >= 0.3 is 0 Å². The molecule has 114 valence electrons. The molecule has 1 N–H and O–H groups in total. The van der Waals surface area contributed by atoms with Crippen molar-refractivity contribution in [1.29, 1.82) is 0 Å². The van der Waals surface area contributed by atoms with E-state index in [1.165, 1.54) is 22.3 Å². The topological polar surface area (TPSA) is 21.3 Å². The summed E-state index contributed by atoms with van der Waals surface area (Å²) in [5.41, 5.74) is 5.39. The van der Waals surface area contributed by atoms with Gasteiger partial charge in [-0.05, 0) is 34.4 Å². The van der Waals surface area contributed by atoms with Gasteiger partial charge in [-0.3, -0.25) is 0 Å². The van der Waals surface area contributed by atoms with Crippen LogP contribution >= 0.6 is 0 Å². The molecule has 0 fully saturated rings. The van der Waals surface area contributed by atoms with Gasteiger partial charge in [0.15, 0.2) is 0 Å². The van der Waals surface area contributed by atoms with E-state index in [0.29, 0.717) is 6.61 Å². The summed E-state index contributed by atoms with van der Waals surface area (Å²) >= 11 is 0. The van der Waals surface area contributed by atoms with Crippen LogP contribution in [0.4, 0.5) is 0 Å². The van der Waals surface area contributed by atoms with Crippen molar-refractivity contribution in [2.75, 3.05) is 13.2 Å². The Morgan fingerprint density at radius 3 is 1.91 bits per heavy atom. The van der Waals surface area contributed by atoms with Gasteiger partial charge < -0.3 is 10.1 Å². The van der Waals surface area contributed by atoms with Gasteiger partial charge in [-0.2, -0.15) is 0 Å². The molecular weight excluding hydrogens is 282 g/mol. The number of rotatable bonds is 5. The molecule has 3 aromatic carbocycles. The maximum absolute atomic E-state index is 5.78.